The lowest BCUT2D eigenvalue weighted by Gasteiger charge is -2.31. The lowest BCUT2D eigenvalue weighted by Crippen LogP contribution is -2.54. The smallest absolute Gasteiger partial charge is 0.283 e. The molecule has 0 spiro atoms. The Labute approximate surface area is 374 Å². The molecule has 2 aliphatic heterocycles. The van der Waals surface area contributed by atoms with Crippen molar-refractivity contribution in [3.63, 3.8) is 0 Å². The van der Waals surface area contributed by atoms with Gasteiger partial charge in [-0.1, -0.05) is 128 Å². The zero-order valence-electron chi connectivity index (χ0n) is 35.8. The van der Waals surface area contributed by atoms with Crippen molar-refractivity contribution in [2.75, 3.05) is 55.0 Å². The van der Waals surface area contributed by atoms with Gasteiger partial charge in [0.1, 0.15) is 48.6 Å². The van der Waals surface area contributed by atoms with Gasteiger partial charge < -0.3 is 10.2 Å². The Kier molecular flexibility index (Phi) is 11.1. The molecule has 0 bridgehead atoms. The summed E-state index contributed by atoms with van der Waals surface area (Å²) in [4.78, 5) is 10.1. The van der Waals surface area contributed by atoms with Crippen LogP contribution in [0.3, 0.4) is 0 Å². The maximum atomic E-state index is 3.52. The van der Waals surface area contributed by atoms with Crippen LogP contribution in [-0.2, 0) is 0 Å². The number of anilines is 3. The van der Waals surface area contributed by atoms with E-state index in [1.807, 2.05) is 18.8 Å². The van der Waals surface area contributed by atoms with Crippen molar-refractivity contribution in [2.24, 2.45) is 5.92 Å². The number of benzene rings is 5. The molecule has 1 N–H and O–H groups in total. The zero-order chi connectivity index (χ0) is 42.2. The third kappa shape index (κ3) is 7.56. The first kappa shape index (κ1) is 39.9. The first-order chi connectivity index (χ1) is 30.4. The summed E-state index contributed by atoms with van der Waals surface area (Å²) in [6, 6.07) is 50.9. The van der Waals surface area contributed by atoms with Crippen LogP contribution in [0.5, 0.6) is 0 Å². The Balaban J connectivity index is 1.07. The number of hydrogen-bond acceptors (Lipinski definition) is 6. The maximum absolute atomic E-state index is 3.52. The first-order valence-electron chi connectivity index (χ1n) is 21.7. The number of nitrogens with one attached hydrogen (secondary N) is 1. The standard InChI is InChI=1S/C54H51N6S2/c1-38-18-8-12-24-45(38)60-47-26-14-11-23-44(47)41(37-54-56(4)48-27-15-17-29-50(48)62-54)36-53(60)58-32-30-57(31-33-58)52-35-40(34-51(55-3)61-49-28-16-9-19-39(49)2)43-22-10-13-25-46(43)59(52)42-20-6-5-7-21-42/h5-17,19-29,34-38H,18,30-33H2,1-4H3/q+1/p+1. The number of pyridine rings is 2. The van der Waals surface area contributed by atoms with Crippen LogP contribution in [-0.4, -0.2) is 40.3 Å². The summed E-state index contributed by atoms with van der Waals surface area (Å²) in [6.07, 6.45) is 12.6. The Morgan fingerprint density at radius 1 is 0.726 bits per heavy atom. The van der Waals surface area contributed by atoms with E-state index in [-0.39, 0.29) is 0 Å². The molecule has 0 saturated carbocycles. The fraction of sp³-hybridized carbons (Fsp3) is 0.185. The van der Waals surface area contributed by atoms with Crippen LogP contribution in [0.1, 0.15) is 30.0 Å². The summed E-state index contributed by atoms with van der Waals surface area (Å²) >= 11 is 3.64. The summed E-state index contributed by atoms with van der Waals surface area (Å²) in [5, 5.41) is 8.35. The summed E-state index contributed by atoms with van der Waals surface area (Å²) in [5.41, 5.74) is 9.91. The van der Waals surface area contributed by atoms with Gasteiger partial charge in [-0.25, -0.2) is 0 Å². The number of piperazine rings is 1. The van der Waals surface area contributed by atoms with Crippen molar-refractivity contribution < 1.29 is 9.13 Å². The van der Waals surface area contributed by atoms with Gasteiger partial charge in [0.05, 0.1) is 15.7 Å². The molecule has 0 radical (unpaired) electrons. The van der Waals surface area contributed by atoms with E-state index in [1.165, 1.54) is 76.3 Å². The van der Waals surface area contributed by atoms with E-state index >= 15 is 0 Å². The van der Waals surface area contributed by atoms with Crippen molar-refractivity contribution in [1.82, 2.24) is 5.32 Å². The molecule has 2 aromatic heterocycles. The highest BCUT2D eigenvalue weighted by Gasteiger charge is 2.36. The molecule has 8 heteroatoms. The molecule has 1 unspecified atom stereocenters. The molecule has 4 heterocycles. The number of nitrogens with zero attached hydrogens (tertiary/aromatic N) is 5. The molecule has 1 atom stereocenters. The summed E-state index contributed by atoms with van der Waals surface area (Å²) in [6.45, 7) is 8.05. The monoisotopic (exact) mass is 848 g/mol. The summed E-state index contributed by atoms with van der Waals surface area (Å²) in [5.74, 6) is 2.84. The predicted molar refractivity (Wildman–Crippen MR) is 264 cm³/mol. The van der Waals surface area contributed by atoms with Crippen molar-refractivity contribution >= 4 is 80.5 Å². The molecule has 7 aromatic rings. The normalized spacial score (nSPS) is 17.3. The zero-order valence-corrected chi connectivity index (χ0v) is 37.5. The first-order valence-corrected chi connectivity index (χ1v) is 23.3. The molecule has 3 aliphatic rings. The molecule has 1 fully saturated rings. The van der Waals surface area contributed by atoms with Crippen LogP contribution in [0.15, 0.2) is 178 Å². The van der Waals surface area contributed by atoms with Gasteiger partial charge in [-0.3, -0.25) is 9.80 Å². The Morgan fingerprint density at radius 2 is 1.34 bits per heavy atom. The minimum Gasteiger partial charge on any atom is -0.383 e. The van der Waals surface area contributed by atoms with Gasteiger partial charge in [-0.05, 0) is 90.7 Å². The highest BCUT2D eigenvalue weighted by Crippen LogP contribution is 2.46. The topological polar surface area (TPSA) is 29.5 Å². The third-order valence-corrected chi connectivity index (χ3v) is 14.8. The highest BCUT2D eigenvalue weighted by atomic mass is 32.2. The average molecular weight is 849 g/mol. The second kappa shape index (κ2) is 17.3. The second-order valence-corrected chi connectivity index (χ2v) is 18.5. The van der Waals surface area contributed by atoms with Crippen molar-refractivity contribution in [1.29, 1.82) is 0 Å². The van der Waals surface area contributed by atoms with Gasteiger partial charge in [0.2, 0.25) is 0 Å². The fourth-order valence-electron chi connectivity index (χ4n) is 9.12. The minimum absolute atomic E-state index is 0.393. The number of fused-ring (bicyclic) bond motifs is 3. The molecular weight excluding hydrogens is 797 g/mol. The van der Waals surface area contributed by atoms with Gasteiger partial charge in [-0.15, -0.1) is 0 Å². The Morgan fingerprint density at radius 3 is 2.05 bits per heavy atom. The van der Waals surface area contributed by atoms with Crippen LogP contribution >= 0.6 is 23.5 Å². The van der Waals surface area contributed by atoms with E-state index in [2.05, 4.69) is 220 Å². The number of thioether (sulfide) groups is 2. The van der Waals surface area contributed by atoms with Gasteiger partial charge in [0.25, 0.3) is 11.6 Å². The van der Waals surface area contributed by atoms with Crippen molar-refractivity contribution in [3.05, 3.63) is 185 Å². The maximum Gasteiger partial charge on any atom is 0.283 e. The number of para-hydroxylation sites is 4. The van der Waals surface area contributed by atoms with E-state index < -0.39 is 0 Å². The van der Waals surface area contributed by atoms with E-state index in [4.69, 9.17) is 0 Å². The molecule has 1 aliphatic carbocycles. The second-order valence-electron chi connectivity index (χ2n) is 16.3. The Hall–Kier alpha value is -6.22. The Bertz CT molecular complexity index is 2940. The third-order valence-electron chi connectivity index (χ3n) is 12.4. The molecule has 62 heavy (non-hydrogen) atoms. The van der Waals surface area contributed by atoms with Crippen LogP contribution in [0.2, 0.25) is 0 Å². The van der Waals surface area contributed by atoms with Crippen LogP contribution in [0.4, 0.5) is 17.3 Å². The number of allylic oxidation sites excluding steroid dienone is 4. The van der Waals surface area contributed by atoms with E-state index in [0.29, 0.717) is 5.92 Å². The summed E-state index contributed by atoms with van der Waals surface area (Å²) in [7, 11) is 4.22. The largest absolute Gasteiger partial charge is 0.383 e. The molecule has 5 aromatic carbocycles. The van der Waals surface area contributed by atoms with Gasteiger partial charge in [-0.2, -0.15) is 9.13 Å². The van der Waals surface area contributed by atoms with Gasteiger partial charge >= 0.3 is 0 Å². The fourth-order valence-corrected chi connectivity index (χ4v) is 11.1. The molecule has 0 amide bonds. The van der Waals surface area contributed by atoms with E-state index in [9.17, 15) is 0 Å². The molecule has 6 nitrogen and oxygen atoms in total. The van der Waals surface area contributed by atoms with Gasteiger partial charge in [0, 0.05) is 52.7 Å². The lowest BCUT2D eigenvalue weighted by molar-refractivity contribution is -0.554. The quantitative estimate of drug-likeness (QED) is 0.115. The van der Waals surface area contributed by atoms with Gasteiger partial charge in [0.15, 0.2) is 0 Å². The SMILES string of the molecule is CNC(=Cc1cc(N2CCN(c3cc(C=C4Sc5ccccc5N4C)c4ccccc4[n+]3C3=CC=CCC3C)CC2)[n+](-c2ccccc2)c2ccccc12)Sc1ccccc1C. The predicted octanol–water partition coefficient (Wildman–Crippen LogP) is 11.5. The lowest BCUT2D eigenvalue weighted by atomic mass is 9.97. The molecule has 1 saturated heterocycles. The number of hydrogen-bond donors (Lipinski definition) is 1. The average Bonchev–Trinajstić information content (AvgIpc) is 3.63. The highest BCUT2D eigenvalue weighted by molar-refractivity contribution is 8.04. The van der Waals surface area contributed by atoms with E-state index in [1.54, 1.807) is 11.8 Å². The van der Waals surface area contributed by atoms with E-state index in [0.717, 1.165) is 43.3 Å². The minimum atomic E-state index is 0.393. The summed E-state index contributed by atoms with van der Waals surface area (Å²) < 4.78 is 5.03. The number of rotatable bonds is 9. The van der Waals surface area contributed by atoms with Crippen LogP contribution in [0, 0.1) is 12.8 Å². The molecular formula is C54H52N6S2+2. The number of aromatic nitrogens is 2. The molecule has 308 valence electrons. The van der Waals surface area contributed by atoms with Crippen LogP contribution in [0.25, 0.3) is 45.3 Å². The molecule has 10 rings (SSSR count). The van der Waals surface area contributed by atoms with Crippen LogP contribution < -0.4 is 29.2 Å². The number of aryl methyl sites for hydroxylation is 1. The van der Waals surface area contributed by atoms with Crippen molar-refractivity contribution in [2.45, 2.75) is 30.1 Å². The van der Waals surface area contributed by atoms with Crippen molar-refractivity contribution in [3.8, 4) is 5.69 Å².